The van der Waals surface area contributed by atoms with Gasteiger partial charge in [0.25, 0.3) is 5.91 Å². The highest BCUT2D eigenvalue weighted by Crippen LogP contribution is 2.39. The van der Waals surface area contributed by atoms with Gasteiger partial charge in [0.15, 0.2) is 17.3 Å². The maximum Gasteiger partial charge on any atom is 0.287 e. The molecule has 2 amide bonds. The minimum absolute atomic E-state index is 0. The number of aliphatic imine (C=N–C) groups is 1. The van der Waals surface area contributed by atoms with Gasteiger partial charge < -0.3 is 20.8 Å². The summed E-state index contributed by atoms with van der Waals surface area (Å²) in [5.41, 5.74) is 9.28. The van der Waals surface area contributed by atoms with Crippen LogP contribution in [0.5, 0.6) is 0 Å². The van der Waals surface area contributed by atoms with Crippen LogP contribution in [0.2, 0.25) is 5.02 Å². The third-order valence-corrected chi connectivity index (χ3v) is 8.79. The van der Waals surface area contributed by atoms with Crippen LogP contribution in [0.25, 0.3) is 5.00 Å². The van der Waals surface area contributed by atoms with Crippen LogP contribution in [-0.4, -0.2) is 51.9 Å². The molecule has 0 aliphatic carbocycles. The van der Waals surface area contributed by atoms with Crippen LogP contribution in [0.1, 0.15) is 81.3 Å². The number of nitrogens with one attached hydrogen (secondary N) is 2. The quantitative estimate of drug-likeness (QED) is 0.156. The highest BCUT2D eigenvalue weighted by molar-refractivity contribution is 7.15. The maximum absolute atomic E-state index is 13.1. The lowest BCUT2D eigenvalue weighted by Gasteiger charge is -2.13. The molecule has 0 saturated heterocycles. The van der Waals surface area contributed by atoms with Crippen LogP contribution in [-0.2, 0) is 4.79 Å². The van der Waals surface area contributed by atoms with Crippen LogP contribution < -0.4 is 16.4 Å². The number of nitrogens with zero attached hydrogens (tertiary/aromatic N) is 4. The maximum atomic E-state index is 13.1. The summed E-state index contributed by atoms with van der Waals surface area (Å²) >= 11 is 7.87. The first kappa shape index (κ1) is 33.9. The summed E-state index contributed by atoms with van der Waals surface area (Å²) in [6, 6.07) is 10.3. The van der Waals surface area contributed by atoms with Crippen molar-refractivity contribution in [3.05, 3.63) is 86.2 Å². The van der Waals surface area contributed by atoms with Gasteiger partial charge in [-0.2, -0.15) is 0 Å². The Morgan fingerprint density at radius 1 is 1.04 bits per heavy atom. The Balaban J connectivity index is 0.00000461. The molecule has 236 valence electrons. The van der Waals surface area contributed by atoms with Crippen molar-refractivity contribution in [2.45, 2.75) is 52.5 Å². The molecule has 13 heteroatoms. The van der Waals surface area contributed by atoms with Crippen molar-refractivity contribution in [3.63, 3.8) is 0 Å². The Labute approximate surface area is 277 Å². The van der Waals surface area contributed by atoms with E-state index in [1.54, 1.807) is 23.5 Å². The van der Waals surface area contributed by atoms with E-state index in [-0.39, 0.29) is 42.9 Å². The van der Waals surface area contributed by atoms with Gasteiger partial charge in [-0.1, -0.05) is 29.7 Å². The molecule has 1 aromatic carbocycles. The van der Waals surface area contributed by atoms with E-state index in [9.17, 15) is 9.59 Å². The molecule has 45 heavy (non-hydrogen) atoms. The molecule has 4 N–H and O–H groups in total. The number of aryl methyl sites for hydroxylation is 2. The van der Waals surface area contributed by atoms with Crippen LogP contribution in [0.3, 0.4) is 0 Å². The molecule has 4 aromatic rings. The lowest BCUT2D eigenvalue weighted by atomic mass is 9.99. The summed E-state index contributed by atoms with van der Waals surface area (Å²) in [7, 11) is 0. The average molecular weight is 669 g/mol. The van der Waals surface area contributed by atoms with Crippen molar-refractivity contribution in [2.75, 3.05) is 19.6 Å². The Hall–Kier alpha value is -3.95. The van der Waals surface area contributed by atoms with E-state index in [0.717, 1.165) is 52.5 Å². The van der Waals surface area contributed by atoms with E-state index in [4.69, 9.17) is 26.7 Å². The van der Waals surface area contributed by atoms with Crippen molar-refractivity contribution in [1.82, 2.24) is 25.4 Å². The molecule has 1 aliphatic rings. The van der Waals surface area contributed by atoms with E-state index >= 15 is 0 Å². The normalized spacial score (nSPS) is 13.4. The lowest BCUT2D eigenvalue weighted by Crippen LogP contribution is -2.27. The van der Waals surface area contributed by atoms with E-state index < -0.39 is 6.04 Å². The zero-order chi connectivity index (χ0) is 31.2. The van der Waals surface area contributed by atoms with Gasteiger partial charge in [0.1, 0.15) is 16.9 Å². The van der Waals surface area contributed by atoms with Crippen LogP contribution in [0, 0.1) is 32.6 Å². The second-order valence-electron chi connectivity index (χ2n) is 10.4. The van der Waals surface area contributed by atoms with Crippen molar-refractivity contribution < 1.29 is 14.0 Å². The summed E-state index contributed by atoms with van der Waals surface area (Å²) in [4.78, 5) is 31.7. The number of carbonyl (C=O) groups is 2. The molecule has 0 unspecified atom stereocenters. The molecule has 1 atom stereocenters. The Morgan fingerprint density at radius 2 is 1.78 bits per heavy atom. The van der Waals surface area contributed by atoms with Gasteiger partial charge in [0, 0.05) is 34.1 Å². The van der Waals surface area contributed by atoms with Gasteiger partial charge in [-0.05, 0) is 75.8 Å². The summed E-state index contributed by atoms with van der Waals surface area (Å²) < 4.78 is 7.45. The Morgan fingerprint density at radius 3 is 2.51 bits per heavy atom. The number of fused-ring (bicyclic) bond motifs is 3. The first-order chi connectivity index (χ1) is 21.3. The molecular weight excluding hydrogens is 633 g/mol. The number of unbranched alkanes of at least 4 members (excludes halogenated alkanes) is 2. The van der Waals surface area contributed by atoms with Crippen LogP contribution >= 0.6 is 35.3 Å². The Kier molecular flexibility index (Phi) is 11.6. The monoisotopic (exact) mass is 667 g/mol. The van der Waals surface area contributed by atoms with Crippen LogP contribution in [0.4, 0.5) is 0 Å². The Bertz CT molecular complexity index is 1760. The van der Waals surface area contributed by atoms with Crippen molar-refractivity contribution in [2.24, 2.45) is 10.7 Å². The first-order valence-electron chi connectivity index (χ1n) is 14.5. The topological polar surface area (TPSA) is 140 Å². The minimum atomic E-state index is -0.514. The summed E-state index contributed by atoms with van der Waals surface area (Å²) in [6.45, 7) is 7.36. The van der Waals surface area contributed by atoms with Crippen molar-refractivity contribution in [1.29, 1.82) is 0 Å². The van der Waals surface area contributed by atoms with E-state index in [1.807, 2.05) is 35.8 Å². The molecule has 5 rings (SSSR count). The molecule has 0 radical (unpaired) electrons. The molecule has 3 aromatic heterocycles. The van der Waals surface area contributed by atoms with Gasteiger partial charge in [0.05, 0.1) is 18.7 Å². The number of furan rings is 1. The van der Waals surface area contributed by atoms with Crippen molar-refractivity contribution in [3.8, 4) is 16.8 Å². The highest BCUT2D eigenvalue weighted by atomic mass is 35.5. The number of hydrogen-bond acceptors (Lipinski definition) is 8. The van der Waals surface area contributed by atoms with Crippen LogP contribution in [0.15, 0.2) is 45.8 Å². The molecule has 0 saturated carbocycles. The number of amides is 2. The zero-order valence-electron chi connectivity index (χ0n) is 25.3. The molecule has 0 fully saturated rings. The number of nitrogens with two attached hydrogens (primary N) is 1. The van der Waals surface area contributed by atoms with Gasteiger partial charge >= 0.3 is 0 Å². The fourth-order valence-corrected chi connectivity index (χ4v) is 6.33. The molecule has 0 bridgehead atoms. The molecule has 1 aliphatic heterocycles. The number of rotatable bonds is 10. The number of benzene rings is 1. The van der Waals surface area contributed by atoms with Gasteiger partial charge in [-0.15, -0.1) is 33.9 Å². The first-order valence-corrected chi connectivity index (χ1v) is 15.7. The fourth-order valence-electron chi connectivity index (χ4n) is 4.99. The van der Waals surface area contributed by atoms with Gasteiger partial charge in [-0.25, -0.2) is 0 Å². The molecule has 10 nitrogen and oxygen atoms in total. The number of halogens is 2. The van der Waals surface area contributed by atoms with Gasteiger partial charge in [-0.3, -0.25) is 19.1 Å². The highest BCUT2D eigenvalue weighted by Gasteiger charge is 2.32. The van der Waals surface area contributed by atoms with E-state index in [0.29, 0.717) is 29.7 Å². The van der Waals surface area contributed by atoms with Gasteiger partial charge in [0.2, 0.25) is 5.91 Å². The second kappa shape index (κ2) is 15.4. The number of aromatic nitrogens is 3. The standard InChI is InChI=1S/C32H34ClN7O3S.ClH/c1-19-20(2)44-32-28(19)29(22-9-11-23(33)12-10-22)37-25(30-39-38-21(3)40(30)32)18-27(41)35-16-5-4-6-17-36-31(42)26-14-13-24(43-26)8-7-15-34;/h9-14,25H,4-6,15-18,34H2,1-3H3,(H,35,41)(H,36,42);1H/t25-;/m0./s1. The second-order valence-corrected chi connectivity index (χ2v) is 12.1. The fraction of sp³-hybridized carbons (Fsp3) is 0.344. The average Bonchev–Trinajstić information content (AvgIpc) is 3.69. The third kappa shape index (κ3) is 7.83. The number of hydrogen-bond donors (Lipinski definition) is 3. The minimum Gasteiger partial charge on any atom is -0.443 e. The zero-order valence-corrected chi connectivity index (χ0v) is 27.7. The predicted molar refractivity (Wildman–Crippen MR) is 179 cm³/mol. The van der Waals surface area contributed by atoms with E-state index in [1.165, 1.54) is 4.88 Å². The molecule has 0 spiro atoms. The summed E-state index contributed by atoms with van der Waals surface area (Å²) in [5, 5.41) is 16.3. The number of thiophene rings is 1. The summed E-state index contributed by atoms with van der Waals surface area (Å²) in [5.74, 6) is 7.07. The smallest absolute Gasteiger partial charge is 0.287 e. The summed E-state index contributed by atoms with van der Waals surface area (Å²) in [6.07, 6.45) is 2.51. The third-order valence-electron chi connectivity index (χ3n) is 7.34. The largest absolute Gasteiger partial charge is 0.443 e. The lowest BCUT2D eigenvalue weighted by molar-refractivity contribution is -0.121. The molecular formula is C32H35Cl2N7O3S. The van der Waals surface area contributed by atoms with Crippen molar-refractivity contribution >= 4 is 52.9 Å². The predicted octanol–water partition coefficient (Wildman–Crippen LogP) is 5.23. The van der Waals surface area contributed by atoms with E-state index in [2.05, 4.69) is 46.5 Å². The number of carbonyl (C=O) groups excluding carboxylic acids is 2. The SMILES string of the molecule is Cc1sc2c(c1C)C(c1ccc(Cl)cc1)=N[C@@H](CC(=O)NCCCCCNC(=O)c1ccc(C#CCN)o1)c1nnc(C)n1-2.Cl. The molecule has 4 heterocycles.